The van der Waals surface area contributed by atoms with Crippen LogP contribution in [0.25, 0.3) is 22.2 Å². The van der Waals surface area contributed by atoms with Gasteiger partial charge in [0.2, 0.25) is 0 Å². The van der Waals surface area contributed by atoms with Gasteiger partial charge in [0.1, 0.15) is 5.69 Å². The number of aromatic nitrogens is 2. The first kappa shape index (κ1) is 14.4. The third-order valence-electron chi connectivity index (χ3n) is 5.23. The van der Waals surface area contributed by atoms with E-state index in [1.807, 2.05) is 6.33 Å². The summed E-state index contributed by atoms with van der Waals surface area (Å²) >= 11 is 0. The van der Waals surface area contributed by atoms with Crippen molar-refractivity contribution in [2.45, 2.75) is 38.5 Å². The average molecular weight is 303 g/mol. The van der Waals surface area contributed by atoms with E-state index < -0.39 is 0 Å². The van der Waals surface area contributed by atoms with E-state index in [9.17, 15) is 0 Å². The molecule has 1 aliphatic rings. The Bertz CT molecular complexity index is 861. The highest BCUT2D eigenvalue weighted by atomic mass is 15.0. The highest BCUT2D eigenvalue weighted by Gasteiger charge is 2.24. The summed E-state index contributed by atoms with van der Waals surface area (Å²) < 4.78 is 2.16. The van der Waals surface area contributed by atoms with Crippen molar-refractivity contribution in [1.82, 2.24) is 4.98 Å². The number of nitrogens with zero attached hydrogens (tertiary/aromatic N) is 2. The van der Waals surface area contributed by atoms with Crippen molar-refractivity contribution >= 4 is 10.9 Å². The molecule has 2 nitrogen and oxygen atoms in total. The second-order valence-electron chi connectivity index (χ2n) is 6.74. The van der Waals surface area contributed by atoms with Crippen LogP contribution in [0.5, 0.6) is 0 Å². The van der Waals surface area contributed by atoms with Gasteiger partial charge < -0.3 is 0 Å². The summed E-state index contributed by atoms with van der Waals surface area (Å²) in [4.78, 5) is 4.80. The SMILES string of the molecule is Cc1ccccc1-c1c2cccc(C3CCCC3)c2nc[n+]1C. The minimum absolute atomic E-state index is 0.684. The number of fused-ring (bicyclic) bond motifs is 1. The Morgan fingerprint density at radius 2 is 1.78 bits per heavy atom. The Balaban J connectivity index is 2.00. The molecule has 1 saturated carbocycles. The van der Waals surface area contributed by atoms with Crippen LogP contribution in [-0.2, 0) is 7.05 Å². The number of benzene rings is 2. The third-order valence-corrected chi connectivity index (χ3v) is 5.23. The van der Waals surface area contributed by atoms with Gasteiger partial charge in [-0.2, -0.15) is 0 Å². The van der Waals surface area contributed by atoms with E-state index in [0.717, 1.165) is 0 Å². The molecule has 1 fully saturated rings. The summed E-state index contributed by atoms with van der Waals surface area (Å²) in [6.45, 7) is 2.18. The largest absolute Gasteiger partial charge is 0.287 e. The van der Waals surface area contributed by atoms with Crippen LogP contribution in [0.1, 0.15) is 42.7 Å². The maximum atomic E-state index is 4.80. The fourth-order valence-electron chi connectivity index (χ4n) is 4.03. The van der Waals surface area contributed by atoms with E-state index in [-0.39, 0.29) is 0 Å². The van der Waals surface area contributed by atoms with Gasteiger partial charge in [0.25, 0.3) is 6.33 Å². The van der Waals surface area contributed by atoms with Gasteiger partial charge in [-0.25, -0.2) is 4.57 Å². The molecule has 2 aromatic carbocycles. The van der Waals surface area contributed by atoms with Crippen LogP contribution in [0, 0.1) is 6.92 Å². The van der Waals surface area contributed by atoms with E-state index in [0.29, 0.717) is 5.92 Å². The Hall–Kier alpha value is -2.22. The van der Waals surface area contributed by atoms with Gasteiger partial charge in [0.15, 0.2) is 5.52 Å². The molecule has 0 amide bonds. The summed E-state index contributed by atoms with van der Waals surface area (Å²) in [6, 6.07) is 15.3. The molecule has 0 unspecified atom stereocenters. The zero-order valence-corrected chi connectivity index (χ0v) is 13.9. The van der Waals surface area contributed by atoms with Crippen molar-refractivity contribution in [3.05, 3.63) is 59.9 Å². The second kappa shape index (κ2) is 5.77. The summed E-state index contributed by atoms with van der Waals surface area (Å²) in [7, 11) is 2.09. The monoisotopic (exact) mass is 303 g/mol. The summed E-state index contributed by atoms with van der Waals surface area (Å²) in [5.41, 5.74) is 6.51. The Morgan fingerprint density at radius 1 is 1.00 bits per heavy atom. The maximum absolute atomic E-state index is 4.80. The van der Waals surface area contributed by atoms with Gasteiger partial charge in [-0.1, -0.05) is 49.2 Å². The molecule has 1 aromatic heterocycles. The number of rotatable bonds is 2. The van der Waals surface area contributed by atoms with E-state index >= 15 is 0 Å². The molecule has 116 valence electrons. The Kier molecular flexibility index (Phi) is 3.60. The molecule has 2 heteroatoms. The molecule has 23 heavy (non-hydrogen) atoms. The van der Waals surface area contributed by atoms with Crippen molar-refractivity contribution in [3.63, 3.8) is 0 Å². The van der Waals surface area contributed by atoms with Gasteiger partial charge in [0, 0.05) is 11.1 Å². The van der Waals surface area contributed by atoms with Crippen LogP contribution in [-0.4, -0.2) is 4.98 Å². The molecule has 3 aromatic rings. The summed E-state index contributed by atoms with van der Waals surface area (Å²) in [5, 5.41) is 1.27. The predicted octanol–water partition coefficient (Wildman–Crippen LogP) is 4.69. The van der Waals surface area contributed by atoms with Crippen LogP contribution < -0.4 is 4.57 Å². The van der Waals surface area contributed by atoms with Gasteiger partial charge in [0.05, 0.1) is 12.4 Å². The van der Waals surface area contributed by atoms with Crippen LogP contribution in [0.4, 0.5) is 0 Å². The third kappa shape index (κ3) is 2.42. The Labute approximate surface area is 137 Å². The second-order valence-corrected chi connectivity index (χ2v) is 6.74. The van der Waals surface area contributed by atoms with Crippen LogP contribution in [0.15, 0.2) is 48.8 Å². The highest BCUT2D eigenvalue weighted by Crippen LogP contribution is 2.38. The predicted molar refractivity (Wildman–Crippen MR) is 94.3 cm³/mol. The zero-order valence-electron chi connectivity index (χ0n) is 13.9. The van der Waals surface area contributed by atoms with Crippen molar-refractivity contribution in [1.29, 1.82) is 0 Å². The highest BCUT2D eigenvalue weighted by molar-refractivity contribution is 5.93. The van der Waals surface area contributed by atoms with Crippen LogP contribution >= 0.6 is 0 Å². The van der Waals surface area contributed by atoms with Crippen molar-refractivity contribution < 1.29 is 4.57 Å². The molecule has 4 rings (SSSR count). The molecule has 1 aliphatic carbocycles. The maximum Gasteiger partial charge on any atom is 0.287 e. The van der Waals surface area contributed by atoms with E-state index in [1.165, 1.54) is 59.0 Å². The fraction of sp³-hybridized carbons (Fsp3) is 0.333. The number of aryl methyl sites for hydroxylation is 2. The van der Waals surface area contributed by atoms with E-state index in [1.54, 1.807) is 0 Å². The van der Waals surface area contributed by atoms with Crippen molar-refractivity contribution in [3.8, 4) is 11.3 Å². The minimum Gasteiger partial charge on any atom is -0.232 e. The normalized spacial score (nSPS) is 15.4. The van der Waals surface area contributed by atoms with Gasteiger partial charge in [-0.15, -0.1) is 0 Å². The van der Waals surface area contributed by atoms with E-state index in [4.69, 9.17) is 4.98 Å². The molecule has 0 saturated heterocycles. The molecule has 0 bridgehead atoms. The smallest absolute Gasteiger partial charge is 0.232 e. The molecule has 0 atom stereocenters. The lowest BCUT2D eigenvalue weighted by atomic mass is 9.93. The molecule has 0 N–H and O–H groups in total. The number of hydrogen-bond donors (Lipinski definition) is 0. The first-order chi connectivity index (χ1) is 11.3. The molecule has 0 radical (unpaired) electrons. The molecule has 1 heterocycles. The van der Waals surface area contributed by atoms with Crippen LogP contribution in [0.2, 0.25) is 0 Å². The first-order valence-electron chi connectivity index (χ1n) is 8.59. The standard InChI is InChI=1S/C21H23N2/c1-15-8-3-6-11-17(15)21-19-13-7-12-18(16-9-4-5-10-16)20(19)22-14-23(21)2/h3,6-8,11-14,16H,4-5,9-10H2,1-2H3/q+1. The van der Waals surface area contributed by atoms with Gasteiger partial charge >= 0.3 is 0 Å². The van der Waals surface area contributed by atoms with Crippen molar-refractivity contribution in [2.24, 2.45) is 7.05 Å². The lowest BCUT2D eigenvalue weighted by molar-refractivity contribution is -0.662. The van der Waals surface area contributed by atoms with Crippen LogP contribution in [0.3, 0.4) is 0 Å². The molecule has 0 spiro atoms. The number of para-hydroxylation sites is 1. The fourth-order valence-corrected chi connectivity index (χ4v) is 4.03. The quantitative estimate of drug-likeness (QED) is 0.627. The first-order valence-corrected chi connectivity index (χ1v) is 8.59. The molecule has 0 aliphatic heterocycles. The molecular formula is C21H23N2+. The number of hydrogen-bond acceptors (Lipinski definition) is 1. The van der Waals surface area contributed by atoms with Gasteiger partial charge in [-0.3, -0.25) is 0 Å². The van der Waals surface area contributed by atoms with Gasteiger partial charge in [-0.05, 0) is 42.3 Å². The Morgan fingerprint density at radius 3 is 2.57 bits per heavy atom. The average Bonchev–Trinajstić information content (AvgIpc) is 3.09. The van der Waals surface area contributed by atoms with E-state index in [2.05, 4.69) is 61.0 Å². The lowest BCUT2D eigenvalue weighted by Crippen LogP contribution is -2.32. The summed E-state index contributed by atoms with van der Waals surface area (Å²) in [6.07, 6.45) is 7.30. The molecular weight excluding hydrogens is 280 g/mol. The zero-order chi connectivity index (χ0) is 15.8. The van der Waals surface area contributed by atoms with Crippen molar-refractivity contribution in [2.75, 3.05) is 0 Å². The topological polar surface area (TPSA) is 16.8 Å². The minimum atomic E-state index is 0.684. The lowest BCUT2D eigenvalue weighted by Gasteiger charge is -2.13. The summed E-state index contributed by atoms with van der Waals surface area (Å²) in [5.74, 6) is 0.684.